The Morgan fingerprint density at radius 2 is 1.93 bits per heavy atom. The summed E-state index contributed by atoms with van der Waals surface area (Å²) in [6.07, 6.45) is 1.48. The van der Waals surface area contributed by atoms with Crippen LogP contribution < -0.4 is 14.9 Å². The number of ether oxygens (including phenoxy) is 2. The van der Waals surface area contributed by atoms with Crippen molar-refractivity contribution in [1.29, 1.82) is 0 Å². The van der Waals surface area contributed by atoms with Gasteiger partial charge in [0.1, 0.15) is 12.4 Å². The highest BCUT2D eigenvalue weighted by Crippen LogP contribution is 2.28. The number of hydrogen-bond acceptors (Lipinski definition) is 4. The van der Waals surface area contributed by atoms with Crippen molar-refractivity contribution in [3.63, 3.8) is 0 Å². The predicted octanol–water partition coefficient (Wildman–Crippen LogP) is 5.14. The van der Waals surface area contributed by atoms with E-state index in [1.165, 1.54) is 19.4 Å². The van der Waals surface area contributed by atoms with Gasteiger partial charge in [-0.1, -0.05) is 35.9 Å². The molecule has 0 radical (unpaired) electrons. The van der Waals surface area contributed by atoms with Crippen molar-refractivity contribution in [3.8, 4) is 11.5 Å². The summed E-state index contributed by atoms with van der Waals surface area (Å²) in [5.41, 5.74) is 4.90. The summed E-state index contributed by atoms with van der Waals surface area (Å²) in [4.78, 5) is 12.2. The third-order valence-corrected chi connectivity index (χ3v) is 4.75. The number of nitrogens with one attached hydrogen (secondary N) is 1. The smallest absolute Gasteiger partial charge is 0.271 e. The molecule has 3 aromatic carbocycles. The van der Waals surface area contributed by atoms with Gasteiger partial charge < -0.3 is 9.47 Å². The van der Waals surface area contributed by atoms with Gasteiger partial charge in [-0.25, -0.2) is 9.82 Å². The van der Waals surface area contributed by atoms with Crippen LogP contribution in [0.5, 0.6) is 11.5 Å². The minimum Gasteiger partial charge on any atom is -0.493 e. The molecule has 0 saturated carbocycles. The van der Waals surface area contributed by atoms with E-state index in [1.54, 1.807) is 54.6 Å². The molecule has 0 aliphatic rings. The molecule has 0 heterocycles. The highest BCUT2D eigenvalue weighted by molar-refractivity contribution is 6.31. The Bertz CT molecular complexity index is 1090. The molecular weight excluding hydrogens is 407 g/mol. The van der Waals surface area contributed by atoms with Gasteiger partial charge in [-0.2, -0.15) is 5.10 Å². The predicted molar refractivity (Wildman–Crippen MR) is 115 cm³/mol. The molecule has 0 unspecified atom stereocenters. The minimum absolute atomic E-state index is 0.0750. The van der Waals surface area contributed by atoms with Gasteiger partial charge in [0.05, 0.1) is 13.3 Å². The van der Waals surface area contributed by atoms with Gasteiger partial charge >= 0.3 is 0 Å². The normalized spacial score (nSPS) is 10.8. The van der Waals surface area contributed by atoms with Crippen LogP contribution >= 0.6 is 11.6 Å². The second-order valence-corrected chi connectivity index (χ2v) is 6.86. The minimum atomic E-state index is -0.370. The largest absolute Gasteiger partial charge is 0.493 e. The molecule has 7 heteroatoms. The lowest BCUT2D eigenvalue weighted by Gasteiger charge is -2.11. The van der Waals surface area contributed by atoms with E-state index in [0.717, 1.165) is 5.56 Å². The van der Waals surface area contributed by atoms with E-state index in [4.69, 9.17) is 21.1 Å². The number of carbonyl (C=O) groups excluding carboxylic acids is 1. The van der Waals surface area contributed by atoms with Crippen molar-refractivity contribution in [2.75, 3.05) is 7.11 Å². The van der Waals surface area contributed by atoms with Gasteiger partial charge in [-0.15, -0.1) is 0 Å². The molecule has 1 amide bonds. The van der Waals surface area contributed by atoms with Crippen molar-refractivity contribution < 1.29 is 18.7 Å². The molecule has 0 atom stereocenters. The summed E-state index contributed by atoms with van der Waals surface area (Å²) >= 11 is 6.04. The standard InChI is InChI=1S/C23H20ClFN2O3/c1-15-7-9-17(12-19(15)24)23(28)27-26-13-16-8-10-21(22(11-16)29-2)30-14-18-5-3-4-6-20(18)25/h3-13H,14H2,1-2H3,(H,27,28)/b26-13-. The number of carbonyl (C=O) groups is 1. The number of halogens is 2. The summed E-state index contributed by atoms with van der Waals surface area (Å²) in [7, 11) is 1.51. The summed E-state index contributed by atoms with van der Waals surface area (Å²) in [5.74, 6) is 0.235. The first kappa shape index (κ1) is 21.3. The third kappa shape index (κ3) is 5.36. The maximum atomic E-state index is 13.7. The summed E-state index contributed by atoms with van der Waals surface area (Å²) in [5, 5.41) is 4.48. The van der Waals surface area contributed by atoms with Crippen LogP contribution in [0.25, 0.3) is 0 Å². The molecular formula is C23H20ClFN2O3. The number of nitrogens with zero attached hydrogens (tertiary/aromatic N) is 1. The monoisotopic (exact) mass is 426 g/mol. The van der Waals surface area contributed by atoms with E-state index in [1.807, 2.05) is 6.92 Å². The van der Waals surface area contributed by atoms with Crippen LogP contribution in [0, 0.1) is 12.7 Å². The Hall–Kier alpha value is -3.38. The van der Waals surface area contributed by atoms with Gasteiger partial charge in [-0.3, -0.25) is 4.79 Å². The number of benzene rings is 3. The Labute approximate surface area is 179 Å². The quantitative estimate of drug-likeness (QED) is 0.420. The number of methoxy groups -OCH3 is 1. The van der Waals surface area contributed by atoms with Crippen LogP contribution in [0.2, 0.25) is 5.02 Å². The number of amides is 1. The Balaban J connectivity index is 1.64. The molecule has 154 valence electrons. The van der Waals surface area contributed by atoms with Crippen LogP contribution in [0.4, 0.5) is 4.39 Å². The van der Waals surface area contributed by atoms with Gasteiger partial charge in [0.25, 0.3) is 5.91 Å². The fraction of sp³-hybridized carbons (Fsp3) is 0.130. The van der Waals surface area contributed by atoms with E-state index in [-0.39, 0.29) is 18.3 Å². The topological polar surface area (TPSA) is 59.9 Å². The van der Waals surface area contributed by atoms with E-state index < -0.39 is 0 Å². The van der Waals surface area contributed by atoms with Crippen LogP contribution in [-0.2, 0) is 6.61 Å². The zero-order valence-corrected chi connectivity index (χ0v) is 17.2. The van der Waals surface area contributed by atoms with E-state index in [9.17, 15) is 9.18 Å². The van der Waals surface area contributed by atoms with Gasteiger partial charge in [0, 0.05) is 16.1 Å². The molecule has 5 nitrogen and oxygen atoms in total. The highest BCUT2D eigenvalue weighted by Gasteiger charge is 2.09. The maximum absolute atomic E-state index is 13.7. The van der Waals surface area contributed by atoms with Crippen LogP contribution in [-0.4, -0.2) is 19.2 Å². The molecule has 0 bridgehead atoms. The molecule has 0 aliphatic heterocycles. The first-order valence-electron chi connectivity index (χ1n) is 9.11. The Kier molecular flexibility index (Phi) is 7.03. The number of hydrogen-bond donors (Lipinski definition) is 1. The van der Waals surface area contributed by atoms with Crippen LogP contribution in [0.15, 0.2) is 65.8 Å². The molecule has 3 rings (SSSR count). The summed E-state index contributed by atoms with van der Waals surface area (Å²) in [6.45, 7) is 1.94. The Morgan fingerprint density at radius 1 is 1.13 bits per heavy atom. The molecule has 1 N–H and O–H groups in total. The number of rotatable bonds is 7. The number of aryl methyl sites for hydroxylation is 1. The van der Waals surface area contributed by atoms with E-state index in [2.05, 4.69) is 10.5 Å². The lowest BCUT2D eigenvalue weighted by atomic mass is 10.1. The SMILES string of the molecule is COc1cc(/C=N\NC(=O)c2ccc(C)c(Cl)c2)ccc1OCc1ccccc1F. The highest BCUT2D eigenvalue weighted by atomic mass is 35.5. The van der Waals surface area contributed by atoms with Gasteiger partial charge in [0.15, 0.2) is 11.5 Å². The summed E-state index contributed by atoms with van der Waals surface area (Å²) in [6, 6.07) is 16.6. The first-order valence-corrected chi connectivity index (χ1v) is 9.49. The van der Waals surface area contributed by atoms with Crippen LogP contribution in [0.1, 0.15) is 27.0 Å². The van der Waals surface area contributed by atoms with Crippen LogP contribution in [0.3, 0.4) is 0 Å². The zero-order valence-electron chi connectivity index (χ0n) is 16.5. The van der Waals surface area contributed by atoms with Gasteiger partial charge in [0.2, 0.25) is 0 Å². The maximum Gasteiger partial charge on any atom is 0.271 e. The second kappa shape index (κ2) is 9.89. The molecule has 0 spiro atoms. The van der Waals surface area contributed by atoms with Gasteiger partial charge in [-0.05, 0) is 54.4 Å². The fourth-order valence-electron chi connectivity index (χ4n) is 2.62. The van der Waals surface area contributed by atoms with Crippen molar-refractivity contribution in [1.82, 2.24) is 5.43 Å². The van der Waals surface area contributed by atoms with Crippen molar-refractivity contribution in [2.45, 2.75) is 13.5 Å². The second-order valence-electron chi connectivity index (χ2n) is 6.45. The zero-order chi connectivity index (χ0) is 21.5. The van der Waals surface area contributed by atoms with Crippen molar-refractivity contribution in [2.24, 2.45) is 5.10 Å². The molecule has 0 aromatic heterocycles. The molecule has 0 aliphatic carbocycles. The van der Waals surface area contributed by atoms with E-state index >= 15 is 0 Å². The lowest BCUT2D eigenvalue weighted by Crippen LogP contribution is -2.17. The molecule has 30 heavy (non-hydrogen) atoms. The van der Waals surface area contributed by atoms with Crippen molar-refractivity contribution >= 4 is 23.7 Å². The third-order valence-electron chi connectivity index (χ3n) is 4.34. The van der Waals surface area contributed by atoms with E-state index in [0.29, 0.717) is 33.2 Å². The Morgan fingerprint density at radius 3 is 2.67 bits per heavy atom. The fourth-order valence-corrected chi connectivity index (χ4v) is 2.80. The lowest BCUT2D eigenvalue weighted by molar-refractivity contribution is 0.0955. The summed E-state index contributed by atoms with van der Waals surface area (Å²) < 4.78 is 24.8. The number of hydrazone groups is 1. The first-order chi connectivity index (χ1) is 14.5. The molecule has 0 fully saturated rings. The average molecular weight is 427 g/mol. The molecule has 3 aromatic rings. The molecule has 0 saturated heterocycles. The van der Waals surface area contributed by atoms with Crippen molar-refractivity contribution in [3.05, 3.63) is 93.8 Å². The average Bonchev–Trinajstić information content (AvgIpc) is 2.75.